The van der Waals surface area contributed by atoms with Gasteiger partial charge >= 0.3 is 5.97 Å². The fourth-order valence-electron chi connectivity index (χ4n) is 2.66. The van der Waals surface area contributed by atoms with Crippen LogP contribution in [0.1, 0.15) is 43.3 Å². The number of hydrogen-bond donors (Lipinski definition) is 1. The van der Waals surface area contributed by atoms with Gasteiger partial charge in [0.05, 0.1) is 30.3 Å². The van der Waals surface area contributed by atoms with Crippen LogP contribution in [0.5, 0.6) is 0 Å². The number of likely N-dealkylation sites (tertiary alicyclic amines) is 1. The molecule has 2 rings (SSSR count). The van der Waals surface area contributed by atoms with E-state index in [1.54, 1.807) is 18.4 Å². The highest BCUT2D eigenvalue weighted by Crippen LogP contribution is 2.20. The highest BCUT2D eigenvalue weighted by atomic mass is 32.1. The average Bonchev–Trinajstić information content (AvgIpc) is 3.04. The van der Waals surface area contributed by atoms with Crippen molar-refractivity contribution in [3.05, 3.63) is 16.1 Å². The van der Waals surface area contributed by atoms with Gasteiger partial charge in [0.25, 0.3) is 0 Å². The SMILES string of the molecule is CN=C(NCc1csc(C(C)C)n1)N1CCC(C(=O)OC)CC1. The van der Waals surface area contributed by atoms with E-state index in [-0.39, 0.29) is 11.9 Å². The number of carbonyl (C=O) groups is 1. The van der Waals surface area contributed by atoms with E-state index in [0.717, 1.165) is 42.6 Å². The first-order valence-electron chi connectivity index (χ1n) is 8.02. The van der Waals surface area contributed by atoms with E-state index in [4.69, 9.17) is 4.74 Å². The first-order chi connectivity index (χ1) is 11.0. The zero-order valence-electron chi connectivity index (χ0n) is 14.3. The number of nitrogens with zero attached hydrogens (tertiary/aromatic N) is 3. The Hall–Kier alpha value is -1.63. The van der Waals surface area contributed by atoms with Crippen molar-refractivity contribution in [2.75, 3.05) is 27.2 Å². The molecule has 6 nitrogen and oxygen atoms in total. The summed E-state index contributed by atoms with van der Waals surface area (Å²) in [5, 5.41) is 6.63. The van der Waals surface area contributed by atoms with Crippen LogP contribution in [0.15, 0.2) is 10.4 Å². The molecule has 1 aliphatic heterocycles. The lowest BCUT2D eigenvalue weighted by Crippen LogP contribution is -2.46. The Kier molecular flexibility index (Phi) is 6.38. The summed E-state index contributed by atoms with van der Waals surface area (Å²) in [7, 11) is 3.24. The first kappa shape index (κ1) is 17.7. The number of aliphatic imine (C=N–C) groups is 1. The lowest BCUT2D eigenvalue weighted by Gasteiger charge is -2.33. The predicted molar refractivity (Wildman–Crippen MR) is 92.7 cm³/mol. The van der Waals surface area contributed by atoms with Crippen molar-refractivity contribution in [3.63, 3.8) is 0 Å². The van der Waals surface area contributed by atoms with Crippen LogP contribution in [0.3, 0.4) is 0 Å². The lowest BCUT2D eigenvalue weighted by atomic mass is 9.97. The number of rotatable bonds is 4. The summed E-state index contributed by atoms with van der Waals surface area (Å²) in [5.74, 6) is 1.25. The number of piperidine rings is 1. The minimum absolute atomic E-state index is 0.0153. The Bertz CT molecular complexity index is 548. The van der Waals surface area contributed by atoms with Gasteiger partial charge in [0.2, 0.25) is 0 Å². The largest absolute Gasteiger partial charge is 0.469 e. The summed E-state index contributed by atoms with van der Waals surface area (Å²) in [4.78, 5) is 22.8. The molecule has 1 saturated heterocycles. The highest BCUT2D eigenvalue weighted by molar-refractivity contribution is 7.09. The molecule has 1 aliphatic rings. The van der Waals surface area contributed by atoms with E-state index in [0.29, 0.717) is 12.5 Å². The molecule has 1 aromatic heterocycles. The molecule has 1 N–H and O–H groups in total. The van der Waals surface area contributed by atoms with E-state index < -0.39 is 0 Å². The number of hydrogen-bond acceptors (Lipinski definition) is 5. The second-order valence-electron chi connectivity index (χ2n) is 6.02. The number of guanidine groups is 1. The maximum absolute atomic E-state index is 11.6. The molecule has 0 radical (unpaired) electrons. The first-order valence-corrected chi connectivity index (χ1v) is 8.90. The van der Waals surface area contributed by atoms with Crippen LogP contribution in [-0.2, 0) is 16.1 Å². The van der Waals surface area contributed by atoms with Crippen LogP contribution in [0.4, 0.5) is 0 Å². The Morgan fingerprint density at radius 3 is 2.74 bits per heavy atom. The van der Waals surface area contributed by atoms with E-state index in [9.17, 15) is 4.79 Å². The molecular formula is C16H26N4O2S. The van der Waals surface area contributed by atoms with E-state index in [2.05, 4.69) is 39.4 Å². The van der Waals surface area contributed by atoms with Crippen molar-refractivity contribution in [1.82, 2.24) is 15.2 Å². The molecule has 0 aromatic carbocycles. The van der Waals surface area contributed by atoms with Gasteiger partial charge in [0.15, 0.2) is 5.96 Å². The third kappa shape index (κ3) is 4.67. The molecule has 2 heterocycles. The smallest absolute Gasteiger partial charge is 0.308 e. The third-order valence-corrected chi connectivity index (χ3v) is 5.23. The minimum Gasteiger partial charge on any atom is -0.469 e. The molecule has 0 saturated carbocycles. The number of ether oxygens (including phenoxy) is 1. The average molecular weight is 338 g/mol. The molecule has 0 spiro atoms. The molecule has 23 heavy (non-hydrogen) atoms. The minimum atomic E-state index is -0.101. The molecular weight excluding hydrogens is 312 g/mol. The van der Waals surface area contributed by atoms with Gasteiger partial charge in [-0.3, -0.25) is 9.79 Å². The van der Waals surface area contributed by atoms with E-state index >= 15 is 0 Å². The number of thiazole rings is 1. The fourth-order valence-corrected chi connectivity index (χ4v) is 3.50. The molecule has 0 atom stereocenters. The molecule has 1 aromatic rings. The summed E-state index contributed by atoms with van der Waals surface area (Å²) < 4.78 is 4.83. The summed E-state index contributed by atoms with van der Waals surface area (Å²) >= 11 is 1.70. The summed E-state index contributed by atoms with van der Waals surface area (Å²) in [6.07, 6.45) is 1.61. The van der Waals surface area contributed by atoms with Crippen molar-refractivity contribution in [1.29, 1.82) is 0 Å². The highest BCUT2D eigenvalue weighted by Gasteiger charge is 2.26. The molecule has 0 amide bonds. The number of nitrogens with one attached hydrogen (secondary N) is 1. The Labute approximate surface area is 142 Å². The van der Waals surface area contributed by atoms with Crippen LogP contribution in [0.25, 0.3) is 0 Å². The predicted octanol–water partition coefficient (Wildman–Crippen LogP) is 2.23. The second kappa shape index (κ2) is 8.29. The molecule has 128 valence electrons. The standard InChI is InChI=1S/C16H26N4O2S/c1-11(2)14-19-13(10-23-14)9-18-16(17-3)20-7-5-12(6-8-20)15(21)22-4/h10-12H,5-9H2,1-4H3,(H,17,18). The Balaban J connectivity index is 1.85. The van der Waals surface area contributed by atoms with Crippen LogP contribution in [0.2, 0.25) is 0 Å². The van der Waals surface area contributed by atoms with Gasteiger partial charge < -0.3 is 15.0 Å². The van der Waals surface area contributed by atoms with Crippen molar-refractivity contribution in [2.45, 2.75) is 39.2 Å². The van der Waals surface area contributed by atoms with Crippen LogP contribution in [0, 0.1) is 5.92 Å². The van der Waals surface area contributed by atoms with Gasteiger partial charge in [-0.05, 0) is 12.8 Å². The van der Waals surface area contributed by atoms with Crippen molar-refractivity contribution < 1.29 is 9.53 Å². The van der Waals surface area contributed by atoms with Gasteiger partial charge in [-0.1, -0.05) is 13.8 Å². The second-order valence-corrected chi connectivity index (χ2v) is 6.91. The van der Waals surface area contributed by atoms with Gasteiger partial charge in [0, 0.05) is 31.4 Å². The molecule has 1 fully saturated rings. The van der Waals surface area contributed by atoms with Crippen LogP contribution >= 0.6 is 11.3 Å². The normalized spacial score (nSPS) is 16.7. The fraction of sp³-hybridized carbons (Fsp3) is 0.688. The topological polar surface area (TPSA) is 66.8 Å². The summed E-state index contributed by atoms with van der Waals surface area (Å²) in [6, 6.07) is 0. The zero-order chi connectivity index (χ0) is 16.8. The number of esters is 1. The van der Waals surface area contributed by atoms with Crippen molar-refractivity contribution in [2.24, 2.45) is 10.9 Å². The van der Waals surface area contributed by atoms with Crippen LogP contribution < -0.4 is 5.32 Å². The monoisotopic (exact) mass is 338 g/mol. The summed E-state index contributed by atoms with van der Waals surface area (Å²) in [5.41, 5.74) is 1.05. The Morgan fingerprint density at radius 1 is 1.52 bits per heavy atom. The maximum Gasteiger partial charge on any atom is 0.308 e. The van der Waals surface area contributed by atoms with Crippen molar-refractivity contribution >= 4 is 23.3 Å². The quantitative estimate of drug-likeness (QED) is 0.518. The number of carbonyl (C=O) groups excluding carboxylic acids is 1. The van der Waals surface area contributed by atoms with Gasteiger partial charge in [-0.2, -0.15) is 0 Å². The van der Waals surface area contributed by atoms with Crippen LogP contribution in [-0.4, -0.2) is 49.1 Å². The third-order valence-electron chi connectivity index (χ3n) is 4.03. The van der Waals surface area contributed by atoms with Gasteiger partial charge in [-0.25, -0.2) is 4.98 Å². The zero-order valence-corrected chi connectivity index (χ0v) is 15.2. The van der Waals surface area contributed by atoms with Gasteiger partial charge in [0.1, 0.15) is 0 Å². The summed E-state index contributed by atoms with van der Waals surface area (Å²) in [6.45, 7) is 6.61. The number of aromatic nitrogens is 1. The van der Waals surface area contributed by atoms with Gasteiger partial charge in [-0.15, -0.1) is 11.3 Å². The molecule has 0 bridgehead atoms. The van der Waals surface area contributed by atoms with E-state index in [1.165, 1.54) is 7.11 Å². The van der Waals surface area contributed by atoms with Crippen molar-refractivity contribution in [3.8, 4) is 0 Å². The molecule has 0 unspecified atom stereocenters. The maximum atomic E-state index is 11.6. The lowest BCUT2D eigenvalue weighted by molar-refractivity contribution is -0.146. The Morgan fingerprint density at radius 2 is 2.22 bits per heavy atom. The molecule has 7 heteroatoms. The number of methoxy groups -OCH3 is 1. The molecule has 0 aliphatic carbocycles. The van der Waals surface area contributed by atoms with E-state index in [1.807, 2.05) is 0 Å².